The van der Waals surface area contributed by atoms with Crippen LogP contribution in [0.1, 0.15) is 12.1 Å². The van der Waals surface area contributed by atoms with E-state index in [1.54, 1.807) is 11.7 Å². The van der Waals surface area contributed by atoms with Gasteiger partial charge in [0.1, 0.15) is 0 Å². The average molecular weight is 336 g/mol. The Labute approximate surface area is 148 Å². The number of nitrogens with zero attached hydrogens (tertiary/aromatic N) is 1. The van der Waals surface area contributed by atoms with Crippen LogP contribution < -0.4 is 10.9 Å². The minimum Gasteiger partial charge on any atom is -0.385 e. The molecule has 0 aliphatic rings. The summed E-state index contributed by atoms with van der Waals surface area (Å²) in [5.74, 6) is 0. The molecule has 1 heterocycles. The van der Waals surface area contributed by atoms with Crippen LogP contribution in [0.25, 0.3) is 21.9 Å². The van der Waals surface area contributed by atoms with Gasteiger partial charge in [0.05, 0.1) is 0 Å². The van der Waals surface area contributed by atoms with Gasteiger partial charge in [-0.1, -0.05) is 48.5 Å². The quantitative estimate of drug-likeness (QED) is 0.673. The molecule has 0 aliphatic carbocycles. The van der Waals surface area contributed by atoms with Crippen molar-refractivity contribution in [2.45, 2.75) is 13.0 Å². The van der Waals surface area contributed by atoms with Crippen molar-refractivity contribution in [1.82, 2.24) is 9.88 Å². The second kappa shape index (κ2) is 8.10. The summed E-state index contributed by atoms with van der Waals surface area (Å²) >= 11 is 0. The van der Waals surface area contributed by atoms with E-state index in [1.165, 1.54) is 0 Å². The van der Waals surface area contributed by atoms with E-state index >= 15 is 0 Å². The maximum Gasteiger partial charge on any atom is 0.258 e. The summed E-state index contributed by atoms with van der Waals surface area (Å²) in [5.41, 5.74) is 3.30. The van der Waals surface area contributed by atoms with Crippen molar-refractivity contribution >= 4 is 10.8 Å². The average Bonchev–Trinajstić information content (AvgIpc) is 2.66. The third-order valence-corrected chi connectivity index (χ3v) is 4.48. The Bertz CT molecular complexity index is 901. The second-order valence-electron chi connectivity index (χ2n) is 6.12. The largest absolute Gasteiger partial charge is 0.385 e. The zero-order valence-electron chi connectivity index (χ0n) is 14.8. The number of hydrogen-bond donors (Lipinski definition) is 1. The molecule has 3 rings (SSSR count). The molecule has 4 nitrogen and oxygen atoms in total. The monoisotopic (exact) mass is 336 g/mol. The van der Waals surface area contributed by atoms with E-state index in [-0.39, 0.29) is 5.56 Å². The Morgan fingerprint density at radius 1 is 1.00 bits per heavy atom. The zero-order chi connectivity index (χ0) is 17.6. The Kier molecular flexibility index (Phi) is 5.64. The summed E-state index contributed by atoms with van der Waals surface area (Å²) < 4.78 is 6.86. The zero-order valence-corrected chi connectivity index (χ0v) is 14.8. The molecule has 0 radical (unpaired) electrons. The molecule has 1 aromatic heterocycles. The summed E-state index contributed by atoms with van der Waals surface area (Å²) in [5, 5.41) is 5.20. The van der Waals surface area contributed by atoms with E-state index in [4.69, 9.17) is 4.74 Å². The Balaban J connectivity index is 2.10. The van der Waals surface area contributed by atoms with Gasteiger partial charge >= 0.3 is 0 Å². The molecule has 0 aliphatic heterocycles. The molecule has 0 saturated heterocycles. The van der Waals surface area contributed by atoms with Gasteiger partial charge in [0.25, 0.3) is 5.56 Å². The van der Waals surface area contributed by atoms with Crippen molar-refractivity contribution < 1.29 is 4.74 Å². The van der Waals surface area contributed by atoms with E-state index < -0.39 is 0 Å². The fourth-order valence-corrected chi connectivity index (χ4v) is 3.20. The Morgan fingerprint density at radius 3 is 2.40 bits per heavy atom. The van der Waals surface area contributed by atoms with Crippen molar-refractivity contribution in [3.8, 4) is 11.1 Å². The van der Waals surface area contributed by atoms with Gasteiger partial charge in [-0.05, 0) is 30.0 Å². The van der Waals surface area contributed by atoms with Gasteiger partial charge in [-0.15, -0.1) is 0 Å². The first-order valence-electron chi connectivity index (χ1n) is 8.59. The number of methoxy groups -OCH3 is 1. The molecule has 25 heavy (non-hydrogen) atoms. The molecule has 0 bridgehead atoms. The molecular formula is C21H24N2O2. The number of ether oxygens (including phenoxy) is 1. The third-order valence-electron chi connectivity index (χ3n) is 4.48. The number of nitrogens with one attached hydrogen (secondary N) is 1. The van der Waals surface area contributed by atoms with Crippen molar-refractivity contribution in [3.63, 3.8) is 0 Å². The molecule has 4 heteroatoms. The van der Waals surface area contributed by atoms with Gasteiger partial charge in [0.2, 0.25) is 0 Å². The molecule has 0 unspecified atom stereocenters. The van der Waals surface area contributed by atoms with Gasteiger partial charge in [0, 0.05) is 44.0 Å². The predicted octanol–water partition coefficient (Wildman–Crippen LogP) is 3.33. The predicted molar refractivity (Wildman–Crippen MR) is 103 cm³/mol. The number of aromatic nitrogens is 1. The highest BCUT2D eigenvalue weighted by atomic mass is 16.5. The highest BCUT2D eigenvalue weighted by Crippen LogP contribution is 2.30. The topological polar surface area (TPSA) is 43.3 Å². The SMILES string of the molecule is COCCCNCc1c(-c2ccccc2)c2ccccc2c(=O)n1C. The molecular weight excluding hydrogens is 312 g/mol. The van der Waals surface area contributed by atoms with E-state index in [2.05, 4.69) is 17.4 Å². The lowest BCUT2D eigenvalue weighted by Crippen LogP contribution is -2.26. The smallest absolute Gasteiger partial charge is 0.258 e. The van der Waals surface area contributed by atoms with E-state index in [0.717, 1.165) is 47.2 Å². The third kappa shape index (κ3) is 3.65. The highest BCUT2D eigenvalue weighted by molar-refractivity contribution is 5.97. The minimum atomic E-state index is 0.0453. The molecule has 0 atom stereocenters. The highest BCUT2D eigenvalue weighted by Gasteiger charge is 2.15. The maximum absolute atomic E-state index is 12.8. The van der Waals surface area contributed by atoms with Crippen LogP contribution in [0.15, 0.2) is 59.4 Å². The van der Waals surface area contributed by atoms with Gasteiger partial charge in [-0.2, -0.15) is 0 Å². The molecule has 0 spiro atoms. The van der Waals surface area contributed by atoms with Crippen LogP contribution in [0.5, 0.6) is 0 Å². The maximum atomic E-state index is 12.8. The second-order valence-corrected chi connectivity index (χ2v) is 6.12. The first kappa shape index (κ1) is 17.4. The van der Waals surface area contributed by atoms with E-state index in [0.29, 0.717) is 6.54 Å². The van der Waals surface area contributed by atoms with Gasteiger partial charge in [-0.3, -0.25) is 4.79 Å². The van der Waals surface area contributed by atoms with Crippen LogP contribution in [0.3, 0.4) is 0 Å². The molecule has 2 aromatic carbocycles. The van der Waals surface area contributed by atoms with Crippen molar-refractivity contribution in [2.75, 3.05) is 20.3 Å². The van der Waals surface area contributed by atoms with Crippen LogP contribution in [-0.2, 0) is 18.3 Å². The summed E-state index contributed by atoms with van der Waals surface area (Å²) in [6, 6.07) is 18.1. The standard InChI is InChI=1S/C21H24N2O2/c1-23-19(15-22-13-8-14-25-2)20(16-9-4-3-5-10-16)17-11-6-7-12-18(17)21(23)24/h3-7,9-12,22H,8,13-15H2,1-2H3. The number of benzene rings is 2. The molecule has 3 aromatic rings. The van der Waals surface area contributed by atoms with E-state index in [1.807, 2.05) is 49.5 Å². The Morgan fingerprint density at radius 2 is 1.68 bits per heavy atom. The Hall–Kier alpha value is -2.43. The van der Waals surface area contributed by atoms with Crippen LogP contribution in [0.2, 0.25) is 0 Å². The molecule has 0 saturated carbocycles. The molecule has 1 N–H and O–H groups in total. The van der Waals surface area contributed by atoms with Crippen molar-refractivity contribution in [3.05, 3.63) is 70.6 Å². The number of hydrogen-bond acceptors (Lipinski definition) is 3. The number of rotatable bonds is 7. The van der Waals surface area contributed by atoms with Crippen molar-refractivity contribution in [2.24, 2.45) is 7.05 Å². The lowest BCUT2D eigenvalue weighted by Gasteiger charge is -2.18. The van der Waals surface area contributed by atoms with Crippen LogP contribution in [0.4, 0.5) is 0 Å². The van der Waals surface area contributed by atoms with Gasteiger partial charge in [0.15, 0.2) is 0 Å². The lowest BCUT2D eigenvalue weighted by atomic mass is 9.96. The minimum absolute atomic E-state index is 0.0453. The number of pyridine rings is 1. The lowest BCUT2D eigenvalue weighted by molar-refractivity contribution is 0.194. The van der Waals surface area contributed by atoms with Crippen LogP contribution in [-0.4, -0.2) is 24.8 Å². The van der Waals surface area contributed by atoms with Crippen LogP contribution >= 0.6 is 0 Å². The van der Waals surface area contributed by atoms with E-state index in [9.17, 15) is 4.79 Å². The molecule has 0 amide bonds. The van der Waals surface area contributed by atoms with Crippen molar-refractivity contribution in [1.29, 1.82) is 0 Å². The first-order chi connectivity index (χ1) is 12.2. The number of fused-ring (bicyclic) bond motifs is 1. The molecule has 130 valence electrons. The summed E-state index contributed by atoms with van der Waals surface area (Å²) in [6.07, 6.45) is 0.943. The summed E-state index contributed by atoms with van der Waals surface area (Å²) in [7, 11) is 3.56. The van der Waals surface area contributed by atoms with Gasteiger partial charge in [-0.25, -0.2) is 0 Å². The fraction of sp³-hybridized carbons (Fsp3) is 0.286. The molecule has 0 fully saturated rings. The van der Waals surface area contributed by atoms with Crippen LogP contribution in [0, 0.1) is 0 Å². The first-order valence-corrected chi connectivity index (χ1v) is 8.59. The fourth-order valence-electron chi connectivity index (χ4n) is 3.20. The van der Waals surface area contributed by atoms with Gasteiger partial charge < -0.3 is 14.6 Å². The summed E-state index contributed by atoms with van der Waals surface area (Å²) in [4.78, 5) is 12.8. The normalized spacial score (nSPS) is 11.1. The summed E-state index contributed by atoms with van der Waals surface area (Å²) in [6.45, 7) is 2.22.